The van der Waals surface area contributed by atoms with Crippen LogP contribution in [-0.4, -0.2) is 46.5 Å². The van der Waals surface area contributed by atoms with Crippen molar-refractivity contribution in [2.75, 3.05) is 33.8 Å². The molecule has 1 aromatic carbocycles. The molecule has 1 unspecified atom stereocenters. The van der Waals surface area contributed by atoms with Crippen LogP contribution in [0.4, 0.5) is 0 Å². The molecule has 0 radical (unpaired) electrons. The van der Waals surface area contributed by atoms with Gasteiger partial charge in [0.25, 0.3) is 0 Å². The lowest BCUT2D eigenvalue weighted by atomic mass is 10.1. The van der Waals surface area contributed by atoms with Gasteiger partial charge in [-0.3, -0.25) is 0 Å². The minimum absolute atomic E-state index is 0.0382. The lowest BCUT2D eigenvalue weighted by molar-refractivity contribution is 0.414. The zero-order valence-corrected chi connectivity index (χ0v) is 12.8. The first-order valence-electron chi connectivity index (χ1n) is 6.80. The molecule has 1 aliphatic heterocycles. The summed E-state index contributed by atoms with van der Waals surface area (Å²) in [5, 5.41) is 3.11. The Morgan fingerprint density at radius 1 is 1.45 bits per heavy atom. The normalized spacial score (nSPS) is 20.2. The fourth-order valence-electron chi connectivity index (χ4n) is 2.57. The van der Waals surface area contributed by atoms with Crippen LogP contribution in [0.3, 0.4) is 0 Å². The van der Waals surface area contributed by atoms with Gasteiger partial charge in [-0.15, -0.1) is 0 Å². The fourth-order valence-corrected chi connectivity index (χ4v) is 4.17. The Morgan fingerprint density at radius 2 is 2.25 bits per heavy atom. The van der Waals surface area contributed by atoms with Gasteiger partial charge in [-0.2, -0.15) is 0 Å². The molecular weight excluding hydrogens is 276 g/mol. The minimum atomic E-state index is -3.24. The van der Waals surface area contributed by atoms with Crippen molar-refractivity contribution < 1.29 is 13.2 Å². The number of ether oxygens (including phenoxy) is 1. The van der Waals surface area contributed by atoms with Crippen LogP contribution in [0.15, 0.2) is 24.3 Å². The van der Waals surface area contributed by atoms with Gasteiger partial charge in [0.1, 0.15) is 5.75 Å². The summed E-state index contributed by atoms with van der Waals surface area (Å²) >= 11 is 0. The molecule has 1 heterocycles. The van der Waals surface area contributed by atoms with Gasteiger partial charge in [0.2, 0.25) is 10.0 Å². The summed E-state index contributed by atoms with van der Waals surface area (Å²) in [5.41, 5.74) is 0.765. The maximum atomic E-state index is 12.4. The Labute approximate surface area is 121 Å². The molecular formula is C14H22N2O3S. The number of hydrogen-bond donors (Lipinski definition) is 1. The summed E-state index contributed by atoms with van der Waals surface area (Å²) < 4.78 is 31.6. The first kappa shape index (κ1) is 15.3. The Bertz CT molecular complexity index is 545. The van der Waals surface area contributed by atoms with E-state index < -0.39 is 10.0 Å². The van der Waals surface area contributed by atoms with Crippen molar-refractivity contribution >= 4 is 10.0 Å². The molecule has 2 rings (SSSR count). The lowest BCUT2D eigenvalue weighted by Gasteiger charge is -2.17. The number of sulfonamides is 1. The number of nitrogens with one attached hydrogen (secondary N) is 1. The fraction of sp³-hybridized carbons (Fsp3) is 0.571. The van der Waals surface area contributed by atoms with Crippen LogP contribution >= 0.6 is 0 Å². The van der Waals surface area contributed by atoms with Crippen LogP contribution in [0.5, 0.6) is 5.75 Å². The van der Waals surface area contributed by atoms with Crippen LogP contribution in [0, 0.1) is 5.92 Å². The predicted molar refractivity (Wildman–Crippen MR) is 79.2 cm³/mol. The average Bonchev–Trinajstić information content (AvgIpc) is 2.88. The van der Waals surface area contributed by atoms with E-state index in [1.807, 2.05) is 25.2 Å². The van der Waals surface area contributed by atoms with Gasteiger partial charge in [0.05, 0.1) is 12.9 Å². The van der Waals surface area contributed by atoms with Crippen LogP contribution < -0.4 is 10.1 Å². The number of rotatable bonds is 6. The summed E-state index contributed by atoms with van der Waals surface area (Å²) in [6.45, 7) is 2.11. The third-order valence-corrected chi connectivity index (χ3v) is 5.43. The minimum Gasteiger partial charge on any atom is -0.497 e. The van der Waals surface area contributed by atoms with Crippen molar-refractivity contribution in [1.29, 1.82) is 0 Å². The molecule has 1 fully saturated rings. The number of benzene rings is 1. The van der Waals surface area contributed by atoms with Crippen molar-refractivity contribution in [3.05, 3.63) is 29.8 Å². The summed E-state index contributed by atoms with van der Waals surface area (Å²) in [6.07, 6.45) is 0.929. The van der Waals surface area contributed by atoms with Crippen molar-refractivity contribution in [2.24, 2.45) is 5.92 Å². The van der Waals surface area contributed by atoms with Crippen molar-refractivity contribution in [1.82, 2.24) is 9.62 Å². The van der Waals surface area contributed by atoms with E-state index in [1.165, 1.54) is 0 Å². The van der Waals surface area contributed by atoms with E-state index >= 15 is 0 Å². The zero-order chi connectivity index (χ0) is 14.6. The van der Waals surface area contributed by atoms with Gasteiger partial charge in [-0.05, 0) is 43.6 Å². The largest absolute Gasteiger partial charge is 0.497 e. The average molecular weight is 298 g/mol. The highest BCUT2D eigenvalue weighted by Gasteiger charge is 2.30. The molecule has 0 aromatic heterocycles. The van der Waals surface area contributed by atoms with Gasteiger partial charge in [0.15, 0.2) is 0 Å². The van der Waals surface area contributed by atoms with Gasteiger partial charge >= 0.3 is 0 Å². The Hall–Kier alpha value is -1.11. The topological polar surface area (TPSA) is 58.6 Å². The van der Waals surface area contributed by atoms with Crippen molar-refractivity contribution in [3.8, 4) is 5.75 Å². The molecule has 1 saturated heterocycles. The number of methoxy groups -OCH3 is 1. The molecule has 6 heteroatoms. The molecule has 0 amide bonds. The summed E-state index contributed by atoms with van der Waals surface area (Å²) in [6, 6.07) is 7.23. The molecule has 1 aromatic rings. The maximum absolute atomic E-state index is 12.4. The molecule has 5 nitrogen and oxygen atoms in total. The quantitative estimate of drug-likeness (QED) is 0.853. The third kappa shape index (κ3) is 3.71. The van der Waals surface area contributed by atoms with Gasteiger partial charge < -0.3 is 10.1 Å². The van der Waals surface area contributed by atoms with Gasteiger partial charge in [-0.1, -0.05) is 12.1 Å². The second-order valence-corrected chi connectivity index (χ2v) is 7.15. The zero-order valence-electron chi connectivity index (χ0n) is 12.0. The monoisotopic (exact) mass is 298 g/mol. The van der Waals surface area contributed by atoms with Crippen LogP contribution in [0.2, 0.25) is 0 Å². The van der Waals surface area contributed by atoms with E-state index in [9.17, 15) is 8.42 Å². The number of hydrogen-bond acceptors (Lipinski definition) is 4. The third-order valence-electron chi connectivity index (χ3n) is 3.62. The Kier molecular flexibility index (Phi) is 5.01. The highest BCUT2D eigenvalue weighted by molar-refractivity contribution is 7.88. The van der Waals surface area contributed by atoms with E-state index in [4.69, 9.17) is 4.74 Å². The molecule has 1 N–H and O–H groups in total. The highest BCUT2D eigenvalue weighted by Crippen LogP contribution is 2.22. The Morgan fingerprint density at radius 3 is 2.95 bits per heavy atom. The SMILES string of the molecule is CNCC1CCN(S(=O)(=O)Cc2cccc(OC)c2)C1. The van der Waals surface area contributed by atoms with Gasteiger partial charge in [0, 0.05) is 13.1 Å². The summed E-state index contributed by atoms with van der Waals surface area (Å²) in [4.78, 5) is 0. The Balaban J connectivity index is 2.04. The highest BCUT2D eigenvalue weighted by atomic mass is 32.2. The van der Waals surface area contributed by atoms with Crippen LogP contribution in [0.25, 0.3) is 0 Å². The van der Waals surface area contributed by atoms with Crippen molar-refractivity contribution in [3.63, 3.8) is 0 Å². The van der Waals surface area contributed by atoms with E-state index in [0.717, 1.165) is 18.5 Å². The molecule has 112 valence electrons. The molecule has 0 spiro atoms. The molecule has 0 saturated carbocycles. The van der Waals surface area contributed by atoms with E-state index in [-0.39, 0.29) is 5.75 Å². The first-order valence-corrected chi connectivity index (χ1v) is 8.41. The standard InChI is InChI=1S/C14H22N2O3S/c1-15-9-13-6-7-16(10-13)20(17,18)11-12-4-3-5-14(8-12)19-2/h3-5,8,13,15H,6-7,9-11H2,1-2H3. The van der Waals surface area contributed by atoms with Gasteiger partial charge in [-0.25, -0.2) is 12.7 Å². The molecule has 1 aliphatic rings. The molecule has 0 aliphatic carbocycles. The second-order valence-electron chi connectivity index (χ2n) is 5.18. The lowest BCUT2D eigenvalue weighted by Crippen LogP contribution is -2.31. The predicted octanol–water partition coefficient (Wildman–Crippen LogP) is 1.07. The van der Waals surface area contributed by atoms with E-state index in [2.05, 4.69) is 5.32 Å². The molecule has 20 heavy (non-hydrogen) atoms. The second kappa shape index (κ2) is 6.56. The molecule has 1 atom stereocenters. The van der Waals surface area contributed by atoms with Crippen LogP contribution in [-0.2, 0) is 15.8 Å². The van der Waals surface area contributed by atoms with E-state index in [1.54, 1.807) is 17.5 Å². The summed E-state index contributed by atoms with van der Waals surface area (Å²) in [7, 11) is 0.237. The summed E-state index contributed by atoms with van der Waals surface area (Å²) in [5.74, 6) is 1.14. The van der Waals surface area contributed by atoms with Crippen molar-refractivity contribution in [2.45, 2.75) is 12.2 Å². The van der Waals surface area contributed by atoms with Crippen LogP contribution in [0.1, 0.15) is 12.0 Å². The number of nitrogens with zero attached hydrogens (tertiary/aromatic N) is 1. The first-order chi connectivity index (χ1) is 9.55. The van der Waals surface area contributed by atoms with E-state index in [0.29, 0.717) is 24.8 Å². The maximum Gasteiger partial charge on any atom is 0.218 e. The smallest absolute Gasteiger partial charge is 0.218 e. The molecule has 0 bridgehead atoms.